The van der Waals surface area contributed by atoms with Gasteiger partial charge < -0.3 is 10.2 Å². The predicted molar refractivity (Wildman–Crippen MR) is 104 cm³/mol. The molecule has 2 amide bonds. The van der Waals surface area contributed by atoms with E-state index in [1.165, 1.54) is 0 Å². The number of hydrogen-bond acceptors (Lipinski definition) is 2. The zero-order valence-corrected chi connectivity index (χ0v) is 15.5. The van der Waals surface area contributed by atoms with E-state index >= 15 is 0 Å². The van der Waals surface area contributed by atoms with E-state index in [-0.39, 0.29) is 6.03 Å². The summed E-state index contributed by atoms with van der Waals surface area (Å²) in [5, 5.41) is 12.9. The minimum atomic E-state index is -0.491. The van der Waals surface area contributed by atoms with E-state index < -0.39 is 5.41 Å². The van der Waals surface area contributed by atoms with Gasteiger partial charge in [0, 0.05) is 18.8 Å². The minimum absolute atomic E-state index is 0.0754. The number of carbonyl (C=O) groups excluding carboxylic acids is 1. The van der Waals surface area contributed by atoms with Crippen LogP contribution in [-0.2, 0) is 11.8 Å². The lowest BCUT2D eigenvalue weighted by Crippen LogP contribution is -2.46. The number of aryl methyl sites for hydroxylation is 2. The molecule has 1 fully saturated rings. The molecule has 0 unspecified atom stereocenters. The predicted octanol–water partition coefficient (Wildman–Crippen LogP) is 4.65. The van der Waals surface area contributed by atoms with Crippen molar-refractivity contribution in [3.05, 3.63) is 65.2 Å². The van der Waals surface area contributed by atoms with E-state index in [1.807, 2.05) is 54.3 Å². The fourth-order valence-corrected chi connectivity index (χ4v) is 3.70. The van der Waals surface area contributed by atoms with Gasteiger partial charge in [0.2, 0.25) is 0 Å². The third-order valence-corrected chi connectivity index (χ3v) is 5.42. The van der Waals surface area contributed by atoms with Crippen LogP contribution in [0.15, 0.2) is 48.5 Å². The number of anilines is 1. The molecule has 1 aliphatic rings. The van der Waals surface area contributed by atoms with Crippen molar-refractivity contribution in [3.8, 4) is 6.07 Å². The number of rotatable bonds is 3. The van der Waals surface area contributed by atoms with Crippen LogP contribution in [0.5, 0.6) is 0 Å². The molecule has 0 radical (unpaired) electrons. The van der Waals surface area contributed by atoms with E-state index in [0.717, 1.165) is 28.8 Å². The lowest BCUT2D eigenvalue weighted by Gasteiger charge is -2.37. The Morgan fingerprint density at radius 3 is 2.46 bits per heavy atom. The van der Waals surface area contributed by atoms with Gasteiger partial charge in [0.25, 0.3) is 0 Å². The van der Waals surface area contributed by atoms with Crippen LogP contribution >= 0.6 is 0 Å². The van der Waals surface area contributed by atoms with Gasteiger partial charge in [0.15, 0.2) is 0 Å². The number of amides is 2. The number of para-hydroxylation sites is 1. The summed E-state index contributed by atoms with van der Waals surface area (Å²) in [5.41, 5.74) is 3.70. The summed E-state index contributed by atoms with van der Waals surface area (Å²) < 4.78 is 0. The highest BCUT2D eigenvalue weighted by atomic mass is 16.2. The molecule has 2 aromatic rings. The van der Waals surface area contributed by atoms with E-state index in [9.17, 15) is 10.1 Å². The van der Waals surface area contributed by atoms with E-state index in [4.69, 9.17) is 0 Å². The van der Waals surface area contributed by atoms with Crippen LogP contribution in [0.3, 0.4) is 0 Å². The van der Waals surface area contributed by atoms with Gasteiger partial charge in [-0.25, -0.2) is 4.79 Å². The monoisotopic (exact) mass is 347 g/mol. The summed E-state index contributed by atoms with van der Waals surface area (Å²) in [4.78, 5) is 14.6. The summed E-state index contributed by atoms with van der Waals surface area (Å²) in [6.45, 7) is 5.27. The third kappa shape index (κ3) is 3.43. The molecule has 0 saturated carbocycles. The lowest BCUT2D eigenvalue weighted by atomic mass is 9.74. The first kappa shape index (κ1) is 18.0. The smallest absolute Gasteiger partial charge is 0.321 e. The molecule has 3 rings (SSSR count). The molecule has 1 N–H and O–H groups in total. The van der Waals surface area contributed by atoms with Crippen LogP contribution in [0.2, 0.25) is 0 Å². The topological polar surface area (TPSA) is 56.1 Å². The average molecular weight is 347 g/mol. The van der Waals surface area contributed by atoms with Gasteiger partial charge >= 0.3 is 6.03 Å². The molecule has 1 saturated heterocycles. The Morgan fingerprint density at radius 2 is 1.85 bits per heavy atom. The van der Waals surface area contributed by atoms with Gasteiger partial charge in [0.1, 0.15) is 0 Å². The average Bonchev–Trinajstić information content (AvgIpc) is 2.70. The number of carbonyl (C=O) groups is 1. The molecular weight excluding hydrogens is 322 g/mol. The molecule has 0 aliphatic carbocycles. The Kier molecular flexibility index (Phi) is 5.27. The lowest BCUT2D eigenvalue weighted by molar-refractivity contribution is 0.183. The highest BCUT2D eigenvalue weighted by molar-refractivity contribution is 5.91. The van der Waals surface area contributed by atoms with Crippen LogP contribution < -0.4 is 5.32 Å². The summed E-state index contributed by atoms with van der Waals surface area (Å²) in [6.07, 6.45) is 2.20. The number of nitrogens with zero attached hydrogens (tertiary/aromatic N) is 2. The Hall–Kier alpha value is -2.80. The molecular formula is C22H25N3O. The summed E-state index contributed by atoms with van der Waals surface area (Å²) in [6, 6.07) is 18.5. The second-order valence-corrected chi connectivity index (χ2v) is 6.94. The largest absolute Gasteiger partial charge is 0.324 e. The van der Waals surface area contributed by atoms with Gasteiger partial charge in [-0.05, 0) is 42.9 Å². The molecule has 2 aromatic carbocycles. The Bertz CT molecular complexity index is 815. The highest BCUT2D eigenvalue weighted by Crippen LogP contribution is 2.35. The molecule has 0 aromatic heterocycles. The standard InChI is InChI=1S/C22H25N3O/c1-3-18-9-7-8-17(2)20(18)24-21(26)25-14-12-22(16-23,13-15-25)19-10-5-4-6-11-19/h4-11H,3,12-15H2,1-2H3,(H,24,26). The number of piperidine rings is 1. The quantitative estimate of drug-likeness (QED) is 0.879. The number of nitrogens with one attached hydrogen (secondary N) is 1. The first-order valence-electron chi connectivity index (χ1n) is 9.21. The SMILES string of the molecule is CCc1cccc(C)c1NC(=O)N1CCC(C#N)(c2ccccc2)CC1. The summed E-state index contributed by atoms with van der Waals surface area (Å²) in [5.74, 6) is 0. The van der Waals surface area contributed by atoms with Crippen LogP contribution in [0.4, 0.5) is 10.5 Å². The molecule has 4 nitrogen and oxygen atoms in total. The van der Waals surface area contributed by atoms with Gasteiger partial charge in [-0.15, -0.1) is 0 Å². The fraction of sp³-hybridized carbons (Fsp3) is 0.364. The number of urea groups is 1. The molecule has 26 heavy (non-hydrogen) atoms. The highest BCUT2D eigenvalue weighted by Gasteiger charge is 2.37. The second kappa shape index (κ2) is 7.61. The van der Waals surface area contributed by atoms with E-state index in [2.05, 4.69) is 24.4 Å². The molecule has 1 heterocycles. The Morgan fingerprint density at radius 1 is 1.15 bits per heavy atom. The zero-order chi connectivity index (χ0) is 18.6. The Labute approximate surface area is 155 Å². The number of benzene rings is 2. The Balaban J connectivity index is 1.71. The van der Waals surface area contributed by atoms with E-state index in [0.29, 0.717) is 25.9 Å². The molecule has 4 heteroatoms. The molecule has 1 aliphatic heterocycles. The first-order chi connectivity index (χ1) is 12.6. The summed E-state index contributed by atoms with van der Waals surface area (Å²) in [7, 11) is 0. The van der Waals surface area contributed by atoms with Crippen molar-refractivity contribution in [1.82, 2.24) is 4.90 Å². The molecule has 0 bridgehead atoms. The zero-order valence-electron chi connectivity index (χ0n) is 15.5. The summed E-state index contributed by atoms with van der Waals surface area (Å²) >= 11 is 0. The van der Waals surface area contributed by atoms with Gasteiger partial charge in [-0.1, -0.05) is 55.5 Å². The van der Waals surface area contributed by atoms with Crippen LogP contribution in [0.25, 0.3) is 0 Å². The van der Waals surface area contributed by atoms with Gasteiger partial charge in [0.05, 0.1) is 11.5 Å². The number of nitriles is 1. The maximum Gasteiger partial charge on any atom is 0.321 e. The van der Waals surface area contributed by atoms with Crippen molar-refractivity contribution < 1.29 is 4.79 Å². The van der Waals surface area contributed by atoms with Crippen LogP contribution in [-0.4, -0.2) is 24.0 Å². The van der Waals surface area contributed by atoms with Crippen molar-refractivity contribution in [2.75, 3.05) is 18.4 Å². The maximum atomic E-state index is 12.8. The van der Waals surface area contributed by atoms with Gasteiger partial charge in [-0.3, -0.25) is 0 Å². The normalized spacial score (nSPS) is 16.0. The molecule has 0 spiro atoms. The fourth-order valence-electron chi connectivity index (χ4n) is 3.70. The van der Waals surface area contributed by atoms with E-state index in [1.54, 1.807) is 0 Å². The van der Waals surface area contributed by atoms with Crippen LogP contribution in [0.1, 0.15) is 36.5 Å². The molecule has 0 atom stereocenters. The number of hydrogen-bond donors (Lipinski definition) is 1. The van der Waals surface area contributed by atoms with Crippen molar-refractivity contribution in [3.63, 3.8) is 0 Å². The van der Waals surface area contributed by atoms with Gasteiger partial charge in [-0.2, -0.15) is 5.26 Å². The van der Waals surface area contributed by atoms with Crippen LogP contribution in [0, 0.1) is 18.3 Å². The number of likely N-dealkylation sites (tertiary alicyclic amines) is 1. The first-order valence-corrected chi connectivity index (χ1v) is 9.21. The van der Waals surface area contributed by atoms with Crippen molar-refractivity contribution in [1.29, 1.82) is 5.26 Å². The van der Waals surface area contributed by atoms with Crippen molar-refractivity contribution >= 4 is 11.7 Å². The minimum Gasteiger partial charge on any atom is -0.324 e. The maximum absolute atomic E-state index is 12.8. The second-order valence-electron chi connectivity index (χ2n) is 6.94. The third-order valence-electron chi connectivity index (χ3n) is 5.42. The van der Waals surface area contributed by atoms with Crippen molar-refractivity contribution in [2.45, 2.75) is 38.5 Å². The van der Waals surface area contributed by atoms with Crippen molar-refractivity contribution in [2.24, 2.45) is 0 Å². The molecule has 134 valence electrons.